The van der Waals surface area contributed by atoms with Gasteiger partial charge < -0.3 is 11.1 Å². The van der Waals surface area contributed by atoms with E-state index in [-0.39, 0.29) is 0 Å². The van der Waals surface area contributed by atoms with Crippen molar-refractivity contribution in [3.05, 3.63) is 35.7 Å². The first-order chi connectivity index (χ1) is 5.36. The molecule has 0 saturated carbocycles. The standard InChI is InChI=1S/C9H8N2/c10-8-3-4-9-7(6-8)2-1-5-11-9/h2-6,11H,10H2. The first-order valence-electron chi connectivity index (χ1n) is 3.43. The predicted molar refractivity (Wildman–Crippen MR) is 47.0 cm³/mol. The Morgan fingerprint density at radius 1 is 1.36 bits per heavy atom. The lowest BCUT2D eigenvalue weighted by Crippen LogP contribution is -1.94. The lowest BCUT2D eigenvalue weighted by atomic mass is 10.1. The van der Waals surface area contributed by atoms with E-state index in [2.05, 4.69) is 11.0 Å². The predicted octanol–water partition coefficient (Wildman–Crippen LogP) is 1.82. The highest BCUT2D eigenvalue weighted by molar-refractivity contribution is 5.72. The number of hydrogen-bond acceptors (Lipinski definition) is 2. The van der Waals surface area contributed by atoms with Crippen molar-refractivity contribution < 1.29 is 0 Å². The van der Waals surface area contributed by atoms with Crippen LogP contribution >= 0.6 is 0 Å². The Labute approximate surface area is 65.0 Å². The van der Waals surface area contributed by atoms with Gasteiger partial charge in [0.2, 0.25) is 0 Å². The summed E-state index contributed by atoms with van der Waals surface area (Å²) >= 11 is 0. The molecule has 1 aromatic carbocycles. The van der Waals surface area contributed by atoms with Crippen LogP contribution in [0.4, 0.5) is 11.4 Å². The number of nitrogens with one attached hydrogen (secondary N) is 1. The van der Waals surface area contributed by atoms with Crippen molar-refractivity contribution in [1.82, 2.24) is 0 Å². The zero-order valence-electron chi connectivity index (χ0n) is 5.96. The summed E-state index contributed by atoms with van der Waals surface area (Å²) in [7, 11) is 0. The van der Waals surface area contributed by atoms with Gasteiger partial charge in [-0.2, -0.15) is 0 Å². The van der Waals surface area contributed by atoms with Crippen LogP contribution in [0.1, 0.15) is 5.56 Å². The molecule has 0 saturated heterocycles. The molecule has 1 aromatic rings. The van der Waals surface area contributed by atoms with Crippen LogP contribution in [0.25, 0.3) is 6.08 Å². The molecule has 11 heavy (non-hydrogen) atoms. The van der Waals surface area contributed by atoms with Gasteiger partial charge in [0.25, 0.3) is 0 Å². The van der Waals surface area contributed by atoms with E-state index < -0.39 is 0 Å². The molecule has 0 unspecified atom stereocenters. The quantitative estimate of drug-likeness (QED) is 0.430. The number of fused-ring (bicyclic) bond motifs is 1. The average molecular weight is 144 g/mol. The zero-order valence-corrected chi connectivity index (χ0v) is 5.96. The molecule has 0 atom stereocenters. The molecule has 2 rings (SSSR count). The first-order valence-corrected chi connectivity index (χ1v) is 3.43. The van der Waals surface area contributed by atoms with E-state index >= 15 is 0 Å². The molecular weight excluding hydrogens is 136 g/mol. The number of nitrogen functional groups attached to an aromatic ring is 1. The van der Waals surface area contributed by atoms with Gasteiger partial charge in [0.1, 0.15) is 0 Å². The van der Waals surface area contributed by atoms with Crippen LogP contribution in [0.3, 0.4) is 0 Å². The fourth-order valence-corrected chi connectivity index (χ4v) is 1.08. The fourth-order valence-electron chi connectivity index (χ4n) is 1.08. The molecule has 0 spiro atoms. The van der Waals surface area contributed by atoms with E-state index in [1.54, 1.807) is 6.20 Å². The van der Waals surface area contributed by atoms with E-state index in [0.29, 0.717) is 0 Å². The SMILES string of the molecule is Nc1ccc2c(c1)C=C=CN2. The third kappa shape index (κ3) is 0.997. The van der Waals surface area contributed by atoms with Gasteiger partial charge in [-0.15, -0.1) is 5.73 Å². The number of rotatable bonds is 0. The van der Waals surface area contributed by atoms with Crippen molar-refractivity contribution in [3.8, 4) is 0 Å². The highest BCUT2D eigenvalue weighted by Crippen LogP contribution is 2.21. The zero-order chi connectivity index (χ0) is 7.68. The second-order valence-corrected chi connectivity index (χ2v) is 2.45. The maximum atomic E-state index is 5.60. The lowest BCUT2D eigenvalue weighted by Gasteiger charge is -2.07. The highest BCUT2D eigenvalue weighted by atomic mass is 14.8. The van der Waals surface area contributed by atoms with E-state index in [1.807, 2.05) is 24.3 Å². The maximum absolute atomic E-state index is 5.60. The Hall–Kier alpha value is -1.66. The molecule has 1 aliphatic rings. The molecule has 1 aliphatic heterocycles. The van der Waals surface area contributed by atoms with Crippen molar-refractivity contribution in [1.29, 1.82) is 0 Å². The van der Waals surface area contributed by atoms with Gasteiger partial charge in [0, 0.05) is 23.1 Å². The van der Waals surface area contributed by atoms with Crippen LogP contribution < -0.4 is 11.1 Å². The van der Waals surface area contributed by atoms with Gasteiger partial charge in [-0.1, -0.05) is 0 Å². The molecule has 0 aliphatic carbocycles. The van der Waals surface area contributed by atoms with Crippen molar-refractivity contribution >= 4 is 17.5 Å². The highest BCUT2D eigenvalue weighted by Gasteiger charge is 1.99. The summed E-state index contributed by atoms with van der Waals surface area (Å²) < 4.78 is 0. The summed E-state index contributed by atoms with van der Waals surface area (Å²) in [4.78, 5) is 0. The molecule has 3 N–H and O–H groups in total. The van der Waals surface area contributed by atoms with Crippen molar-refractivity contribution in [2.45, 2.75) is 0 Å². The molecule has 0 fully saturated rings. The Morgan fingerprint density at radius 3 is 3.18 bits per heavy atom. The second kappa shape index (κ2) is 2.19. The summed E-state index contributed by atoms with van der Waals surface area (Å²) in [5, 5.41) is 3.07. The molecular formula is C9H8N2. The fraction of sp³-hybridized carbons (Fsp3) is 0. The van der Waals surface area contributed by atoms with Crippen LogP contribution in [-0.4, -0.2) is 0 Å². The Morgan fingerprint density at radius 2 is 2.27 bits per heavy atom. The lowest BCUT2D eigenvalue weighted by molar-refractivity contribution is 1.54. The van der Waals surface area contributed by atoms with E-state index in [1.165, 1.54) is 0 Å². The number of benzene rings is 1. The van der Waals surface area contributed by atoms with Crippen molar-refractivity contribution in [2.24, 2.45) is 0 Å². The van der Waals surface area contributed by atoms with Crippen LogP contribution in [0.15, 0.2) is 30.1 Å². The summed E-state index contributed by atoms with van der Waals surface area (Å²) in [5.74, 6) is 0. The number of nitrogens with two attached hydrogens (primary N) is 1. The summed E-state index contributed by atoms with van der Waals surface area (Å²) in [6, 6.07) is 5.75. The molecule has 2 heteroatoms. The Bertz CT molecular complexity index is 347. The van der Waals surface area contributed by atoms with Gasteiger partial charge in [0.05, 0.1) is 0 Å². The maximum Gasteiger partial charge on any atom is 0.0465 e. The molecule has 54 valence electrons. The summed E-state index contributed by atoms with van der Waals surface area (Å²) in [6.45, 7) is 0. The Kier molecular flexibility index (Phi) is 1.21. The summed E-state index contributed by atoms with van der Waals surface area (Å²) in [6.07, 6.45) is 3.68. The molecule has 0 amide bonds. The summed E-state index contributed by atoms with van der Waals surface area (Å²) in [5.41, 5.74) is 11.5. The van der Waals surface area contributed by atoms with E-state index in [4.69, 9.17) is 5.73 Å². The van der Waals surface area contributed by atoms with E-state index in [0.717, 1.165) is 16.9 Å². The van der Waals surface area contributed by atoms with E-state index in [9.17, 15) is 0 Å². The smallest absolute Gasteiger partial charge is 0.0465 e. The van der Waals surface area contributed by atoms with Crippen LogP contribution in [0.5, 0.6) is 0 Å². The van der Waals surface area contributed by atoms with Crippen molar-refractivity contribution in [3.63, 3.8) is 0 Å². The van der Waals surface area contributed by atoms with Gasteiger partial charge >= 0.3 is 0 Å². The third-order valence-electron chi connectivity index (χ3n) is 1.63. The molecule has 2 nitrogen and oxygen atoms in total. The minimum absolute atomic E-state index is 0.783. The van der Waals surface area contributed by atoms with Gasteiger partial charge in [-0.05, 0) is 24.3 Å². The molecule has 0 bridgehead atoms. The number of anilines is 2. The molecule has 0 radical (unpaired) electrons. The molecule has 0 aromatic heterocycles. The largest absolute Gasteiger partial charge is 0.399 e. The first kappa shape index (κ1) is 6.08. The Balaban J connectivity index is 2.62. The van der Waals surface area contributed by atoms with Gasteiger partial charge in [-0.3, -0.25) is 0 Å². The monoisotopic (exact) mass is 144 g/mol. The number of hydrogen-bond donors (Lipinski definition) is 2. The molecule has 1 heterocycles. The normalized spacial score (nSPS) is 12.4. The third-order valence-corrected chi connectivity index (χ3v) is 1.63. The van der Waals surface area contributed by atoms with Gasteiger partial charge in [-0.25, -0.2) is 0 Å². The second-order valence-electron chi connectivity index (χ2n) is 2.45. The van der Waals surface area contributed by atoms with Crippen molar-refractivity contribution in [2.75, 3.05) is 11.1 Å². The van der Waals surface area contributed by atoms with Gasteiger partial charge in [0.15, 0.2) is 0 Å². The minimum atomic E-state index is 0.783. The van der Waals surface area contributed by atoms with Crippen LogP contribution in [0.2, 0.25) is 0 Å². The average Bonchev–Trinajstić information content (AvgIpc) is 2.04. The minimum Gasteiger partial charge on any atom is -0.399 e. The van der Waals surface area contributed by atoms with Crippen LogP contribution in [-0.2, 0) is 0 Å². The van der Waals surface area contributed by atoms with Crippen LogP contribution in [0, 0.1) is 0 Å². The topological polar surface area (TPSA) is 38.0 Å².